The van der Waals surface area contributed by atoms with Gasteiger partial charge in [-0.15, -0.1) is 0 Å². The van der Waals surface area contributed by atoms with Gasteiger partial charge < -0.3 is 105 Å². The molecule has 0 radical (unpaired) electrons. The minimum Gasteiger partial charge on any atom is -0.394 e. The van der Waals surface area contributed by atoms with Crippen molar-refractivity contribution < 1.29 is 105 Å². The van der Waals surface area contributed by atoms with Crippen molar-refractivity contribution in [2.45, 2.75) is 123 Å². The van der Waals surface area contributed by atoms with Crippen molar-refractivity contribution in [1.82, 2.24) is 0 Å². The van der Waals surface area contributed by atoms with Gasteiger partial charge in [-0.3, -0.25) is 0 Å². The molecule has 0 spiro atoms. The maximum absolute atomic E-state index is 11.1. The molecule has 0 aliphatic carbocycles. The highest BCUT2D eigenvalue weighted by atomic mass is 16.8. The van der Waals surface area contributed by atoms with Crippen LogP contribution in [-0.4, -0.2) is 221 Å². The molecular formula is C24H42O21. The lowest BCUT2D eigenvalue weighted by molar-refractivity contribution is -0.389. The van der Waals surface area contributed by atoms with E-state index in [9.17, 15) is 71.5 Å². The van der Waals surface area contributed by atoms with Crippen molar-refractivity contribution in [1.29, 1.82) is 0 Å². The zero-order valence-electron chi connectivity index (χ0n) is 23.5. The van der Waals surface area contributed by atoms with Gasteiger partial charge in [0.05, 0.1) is 26.4 Å². The van der Waals surface area contributed by atoms with Crippen molar-refractivity contribution in [3.63, 3.8) is 0 Å². The third-order valence-electron chi connectivity index (χ3n) is 8.21. The summed E-state index contributed by atoms with van der Waals surface area (Å²) in [6, 6.07) is 0. The van der Waals surface area contributed by atoms with E-state index in [1.54, 1.807) is 0 Å². The fraction of sp³-hybridized carbons (Fsp3) is 1.00. The van der Waals surface area contributed by atoms with E-state index in [-0.39, 0.29) is 0 Å². The Labute approximate surface area is 254 Å². The van der Waals surface area contributed by atoms with Gasteiger partial charge in [0.15, 0.2) is 25.2 Å². The van der Waals surface area contributed by atoms with Crippen molar-refractivity contribution >= 4 is 0 Å². The maximum atomic E-state index is 11.1. The highest BCUT2D eigenvalue weighted by molar-refractivity contribution is 4.97. The molecule has 4 saturated heterocycles. The van der Waals surface area contributed by atoms with Gasteiger partial charge >= 0.3 is 0 Å². The predicted molar refractivity (Wildman–Crippen MR) is 134 cm³/mol. The number of hydrogen-bond donors (Lipinski definition) is 14. The molecule has 21 heteroatoms. The summed E-state index contributed by atoms with van der Waals surface area (Å²) in [6.45, 7) is -3.44. The smallest absolute Gasteiger partial charge is 0.187 e. The average Bonchev–Trinajstić information content (AvgIpc) is 3.03. The van der Waals surface area contributed by atoms with Crippen LogP contribution in [0.4, 0.5) is 0 Å². The van der Waals surface area contributed by atoms with E-state index in [4.69, 9.17) is 33.2 Å². The SMILES string of the molecule is OC[C@H]1O[C@@H](O[C@H]2[C@@H](O)[C@@H](CO)O[C@@H](O[C@H]3[C@@H](O)[C@@H](CO)O[C@@H](O[C@H]4[C@H](O)[C@@H](O)C(O)O[C@@H]4CO)[C@@H]3O)[C@@H]2O)[C@H](O)[C@@H](O)[C@H]1O. The Morgan fingerprint density at radius 1 is 0.333 bits per heavy atom. The minimum atomic E-state index is -2.05. The van der Waals surface area contributed by atoms with Crippen molar-refractivity contribution in [3.8, 4) is 0 Å². The van der Waals surface area contributed by atoms with Gasteiger partial charge in [0.25, 0.3) is 0 Å². The first-order valence-electron chi connectivity index (χ1n) is 14.1. The summed E-state index contributed by atoms with van der Waals surface area (Å²) in [4.78, 5) is 0. The molecule has 4 rings (SSSR count). The summed E-state index contributed by atoms with van der Waals surface area (Å²) >= 11 is 0. The lowest BCUT2D eigenvalue weighted by atomic mass is 9.95. The highest BCUT2D eigenvalue weighted by Gasteiger charge is 2.55. The summed E-state index contributed by atoms with van der Waals surface area (Å²) in [7, 11) is 0. The van der Waals surface area contributed by atoms with Crippen LogP contribution in [0.15, 0.2) is 0 Å². The summed E-state index contributed by atoms with van der Waals surface area (Å²) in [5.41, 5.74) is 0. The largest absolute Gasteiger partial charge is 0.394 e. The monoisotopic (exact) mass is 666 g/mol. The van der Waals surface area contributed by atoms with Gasteiger partial charge in [0.2, 0.25) is 0 Å². The Bertz CT molecular complexity index is 914. The first-order valence-corrected chi connectivity index (χ1v) is 14.1. The lowest BCUT2D eigenvalue weighted by Gasteiger charge is -2.49. The van der Waals surface area contributed by atoms with E-state index < -0.39 is 149 Å². The molecule has 0 aromatic carbocycles. The third-order valence-corrected chi connectivity index (χ3v) is 8.21. The second kappa shape index (κ2) is 15.6. The highest BCUT2D eigenvalue weighted by Crippen LogP contribution is 2.34. The Kier molecular flexibility index (Phi) is 12.8. The fourth-order valence-electron chi connectivity index (χ4n) is 5.53. The Hall–Kier alpha value is -0.840. The lowest BCUT2D eigenvalue weighted by Crippen LogP contribution is -2.67. The second-order valence-electron chi connectivity index (χ2n) is 11.1. The molecular weight excluding hydrogens is 624 g/mol. The summed E-state index contributed by atoms with van der Waals surface area (Å²) in [6.07, 6.45) is -36.0. The van der Waals surface area contributed by atoms with Gasteiger partial charge in [-0.2, -0.15) is 0 Å². The predicted octanol–water partition coefficient (Wildman–Crippen LogP) is -9.75. The molecule has 4 heterocycles. The molecule has 21 nitrogen and oxygen atoms in total. The molecule has 14 N–H and O–H groups in total. The van der Waals surface area contributed by atoms with E-state index >= 15 is 0 Å². The number of rotatable bonds is 10. The summed E-state index contributed by atoms with van der Waals surface area (Å²) in [5, 5.41) is 143. The molecule has 0 aromatic heterocycles. The average molecular weight is 667 g/mol. The zero-order valence-corrected chi connectivity index (χ0v) is 23.5. The van der Waals surface area contributed by atoms with E-state index in [1.807, 2.05) is 0 Å². The second-order valence-corrected chi connectivity index (χ2v) is 11.1. The molecule has 45 heavy (non-hydrogen) atoms. The first-order chi connectivity index (χ1) is 21.3. The fourth-order valence-corrected chi connectivity index (χ4v) is 5.53. The van der Waals surface area contributed by atoms with Gasteiger partial charge in [0, 0.05) is 0 Å². The first kappa shape index (κ1) is 37.0. The Morgan fingerprint density at radius 2 is 0.711 bits per heavy atom. The van der Waals surface area contributed by atoms with E-state index in [0.29, 0.717) is 0 Å². The molecule has 1 unspecified atom stereocenters. The van der Waals surface area contributed by atoms with Gasteiger partial charge in [-0.05, 0) is 0 Å². The van der Waals surface area contributed by atoms with Crippen molar-refractivity contribution in [2.75, 3.05) is 26.4 Å². The topological polar surface area (TPSA) is 348 Å². The maximum Gasteiger partial charge on any atom is 0.187 e. The van der Waals surface area contributed by atoms with Gasteiger partial charge in [0.1, 0.15) is 97.7 Å². The third kappa shape index (κ3) is 7.44. The summed E-state index contributed by atoms with van der Waals surface area (Å²) in [5.74, 6) is 0. The van der Waals surface area contributed by atoms with E-state index in [1.165, 1.54) is 0 Å². The van der Waals surface area contributed by atoms with Crippen LogP contribution in [0, 0.1) is 0 Å². The van der Waals surface area contributed by atoms with Crippen LogP contribution in [0.5, 0.6) is 0 Å². The minimum absolute atomic E-state index is 0.813. The zero-order chi connectivity index (χ0) is 33.3. The molecule has 4 aliphatic heterocycles. The van der Waals surface area contributed by atoms with Crippen LogP contribution < -0.4 is 0 Å². The number of aliphatic hydroxyl groups is 14. The molecule has 0 amide bonds. The van der Waals surface area contributed by atoms with Crippen molar-refractivity contribution in [2.24, 2.45) is 0 Å². The van der Waals surface area contributed by atoms with Crippen LogP contribution in [0.25, 0.3) is 0 Å². The molecule has 4 aliphatic rings. The quantitative estimate of drug-likeness (QED) is 0.103. The van der Waals surface area contributed by atoms with Crippen molar-refractivity contribution in [3.05, 3.63) is 0 Å². The number of aliphatic hydroxyl groups excluding tert-OH is 14. The number of ether oxygens (including phenoxy) is 7. The Balaban J connectivity index is 1.53. The number of hydrogen-bond acceptors (Lipinski definition) is 21. The van der Waals surface area contributed by atoms with Crippen LogP contribution in [0.2, 0.25) is 0 Å². The van der Waals surface area contributed by atoms with Crippen LogP contribution in [-0.2, 0) is 33.2 Å². The van der Waals surface area contributed by atoms with Gasteiger partial charge in [-0.1, -0.05) is 0 Å². The summed E-state index contributed by atoms with van der Waals surface area (Å²) < 4.78 is 37.7. The molecule has 0 bridgehead atoms. The van der Waals surface area contributed by atoms with Crippen LogP contribution >= 0.6 is 0 Å². The molecule has 4 fully saturated rings. The molecule has 264 valence electrons. The van der Waals surface area contributed by atoms with Crippen LogP contribution in [0.3, 0.4) is 0 Å². The standard InChI is InChI=1S/C24H42O21/c25-1-5-9(29)12(32)15(35)22(40-5)44-19-10(30)7(3-27)42-24(17(19)37)45-20-11(31)6(2-26)41-23(16(20)36)43-18-8(4-28)39-21(38)14(34)13(18)33/h5-38H,1-4H2/t5-,6-,7-,8-,9+,10+,11+,12+,13-,14-,15-,16-,17-,18-,19+,20+,21?,22+,23+,24+/m1/s1. The molecule has 0 saturated carbocycles. The van der Waals surface area contributed by atoms with Gasteiger partial charge in [-0.25, -0.2) is 0 Å². The molecule has 20 atom stereocenters. The molecule has 0 aromatic rings. The Morgan fingerprint density at radius 3 is 1.13 bits per heavy atom. The van der Waals surface area contributed by atoms with E-state index in [0.717, 1.165) is 0 Å². The van der Waals surface area contributed by atoms with E-state index in [2.05, 4.69) is 0 Å². The van der Waals surface area contributed by atoms with Crippen LogP contribution in [0.1, 0.15) is 0 Å². The normalized spacial score (nSPS) is 52.9.